The number of allylic oxidation sites excluding steroid dienone is 12. The van der Waals surface area contributed by atoms with Gasteiger partial charge in [-0.25, -0.2) is 0 Å². The third-order valence-electron chi connectivity index (χ3n) is 10.9. The molecule has 9 nitrogen and oxygen atoms in total. The molecule has 0 saturated heterocycles. The zero-order chi connectivity index (χ0) is 47.7. The van der Waals surface area contributed by atoms with Gasteiger partial charge < -0.3 is 33.3 Å². The van der Waals surface area contributed by atoms with Crippen molar-refractivity contribution in [3.05, 3.63) is 72.9 Å². The van der Waals surface area contributed by atoms with E-state index in [0.717, 1.165) is 89.9 Å². The summed E-state index contributed by atoms with van der Waals surface area (Å²) in [5.41, 5.74) is 0. The third-order valence-corrected chi connectivity index (χ3v) is 10.9. The number of quaternary nitrogens is 1. The Hall–Kier alpha value is -3.27. The van der Waals surface area contributed by atoms with E-state index in [-0.39, 0.29) is 38.6 Å². The number of unbranched alkanes of at least 4 members (excludes halogenated alkanes) is 20. The molecule has 9 heteroatoms. The van der Waals surface area contributed by atoms with E-state index in [1.54, 1.807) is 0 Å². The van der Waals surface area contributed by atoms with E-state index in [0.29, 0.717) is 17.4 Å². The van der Waals surface area contributed by atoms with Crippen LogP contribution in [0, 0.1) is 0 Å². The zero-order valence-electron chi connectivity index (χ0n) is 42.3. The van der Waals surface area contributed by atoms with Crippen LogP contribution in [-0.4, -0.2) is 82.3 Å². The quantitative estimate of drug-likeness (QED) is 0.0195. The van der Waals surface area contributed by atoms with Crippen LogP contribution in [0.4, 0.5) is 0 Å². The van der Waals surface area contributed by atoms with Crippen LogP contribution < -0.4 is 5.11 Å². The Morgan fingerprint density at radius 1 is 0.477 bits per heavy atom. The summed E-state index contributed by atoms with van der Waals surface area (Å²) in [6.07, 6.45) is 56.4. The molecule has 2 atom stereocenters. The van der Waals surface area contributed by atoms with Crippen molar-refractivity contribution in [3.63, 3.8) is 0 Å². The highest BCUT2D eigenvalue weighted by molar-refractivity contribution is 5.70. The number of carboxylic acid groups (broad SMARTS) is 1. The van der Waals surface area contributed by atoms with Crippen molar-refractivity contribution < 1.29 is 42.9 Å². The fraction of sp³-hybridized carbons (Fsp3) is 0.732. The predicted molar refractivity (Wildman–Crippen MR) is 269 cm³/mol. The molecule has 0 aliphatic carbocycles. The maximum Gasteiger partial charge on any atom is 0.306 e. The molecule has 65 heavy (non-hydrogen) atoms. The Morgan fingerprint density at radius 3 is 1.31 bits per heavy atom. The number of aliphatic carboxylic acids is 1. The summed E-state index contributed by atoms with van der Waals surface area (Å²) in [4.78, 5) is 37.2. The lowest BCUT2D eigenvalue weighted by atomic mass is 10.1. The van der Waals surface area contributed by atoms with Gasteiger partial charge in [-0.2, -0.15) is 0 Å². The number of hydrogen-bond acceptors (Lipinski definition) is 8. The van der Waals surface area contributed by atoms with Crippen LogP contribution in [0.15, 0.2) is 72.9 Å². The molecule has 0 amide bonds. The number of carboxylic acids is 1. The highest BCUT2D eigenvalue weighted by Gasteiger charge is 2.22. The number of carbonyl (C=O) groups is 3. The molecular formula is C56H97NO8. The number of rotatable bonds is 47. The van der Waals surface area contributed by atoms with Gasteiger partial charge in [-0.15, -0.1) is 0 Å². The van der Waals surface area contributed by atoms with E-state index in [4.69, 9.17) is 18.9 Å². The summed E-state index contributed by atoms with van der Waals surface area (Å²) in [5.74, 6) is -2.31. The van der Waals surface area contributed by atoms with E-state index < -0.39 is 24.3 Å². The molecule has 0 aromatic rings. The zero-order valence-corrected chi connectivity index (χ0v) is 42.3. The van der Waals surface area contributed by atoms with Crippen LogP contribution >= 0.6 is 0 Å². The van der Waals surface area contributed by atoms with Crippen LogP contribution in [0.25, 0.3) is 0 Å². The first kappa shape index (κ1) is 61.7. The van der Waals surface area contributed by atoms with Crippen molar-refractivity contribution in [2.24, 2.45) is 0 Å². The fourth-order valence-corrected chi connectivity index (χ4v) is 6.91. The molecule has 0 bridgehead atoms. The Bertz CT molecular complexity index is 1290. The summed E-state index contributed by atoms with van der Waals surface area (Å²) in [6, 6.07) is 0. The summed E-state index contributed by atoms with van der Waals surface area (Å²) in [6.45, 7) is 4.60. The lowest BCUT2D eigenvalue weighted by Gasteiger charge is -2.26. The highest BCUT2D eigenvalue weighted by Crippen LogP contribution is 2.14. The normalized spacial score (nSPS) is 13.4. The van der Waals surface area contributed by atoms with E-state index in [1.807, 2.05) is 21.1 Å². The minimum atomic E-state index is -1.63. The molecule has 0 aromatic carbocycles. The minimum absolute atomic E-state index is 0.141. The average molecular weight is 912 g/mol. The van der Waals surface area contributed by atoms with Crippen LogP contribution in [-0.2, 0) is 33.3 Å². The molecule has 0 N–H and O–H groups in total. The number of esters is 2. The van der Waals surface area contributed by atoms with Gasteiger partial charge in [-0.05, 0) is 83.5 Å². The second-order valence-corrected chi connectivity index (χ2v) is 18.4. The largest absolute Gasteiger partial charge is 0.545 e. The smallest absolute Gasteiger partial charge is 0.306 e. The van der Waals surface area contributed by atoms with Crippen molar-refractivity contribution in [1.82, 2.24) is 0 Å². The molecular weight excluding hydrogens is 815 g/mol. The van der Waals surface area contributed by atoms with E-state index >= 15 is 0 Å². The third kappa shape index (κ3) is 48.5. The first-order valence-corrected chi connectivity index (χ1v) is 26.1. The van der Waals surface area contributed by atoms with Gasteiger partial charge in [0.15, 0.2) is 12.4 Å². The standard InChI is InChI=1S/C56H97NO8/c1-6-8-10-12-14-16-18-20-22-24-25-26-27-28-29-31-33-35-37-39-41-43-45-47-54(59)65-52(51-64-56(55(60)61)62-49-48-57(3,4)5)50-63-53(58)46-44-42-40-38-36-34-32-30-23-21-19-17-15-13-11-9-7-2/h9,11,15,17-18,20-21,23-25,27-28,52,56H,6-8,10,12-14,16,19,22,26,29-51H2,1-5H3/b11-9-,17-15-,20-18-,23-21-,25-24-,28-27-. The van der Waals surface area contributed by atoms with E-state index in [9.17, 15) is 19.5 Å². The molecule has 0 heterocycles. The van der Waals surface area contributed by atoms with Crippen LogP contribution in [0.2, 0.25) is 0 Å². The lowest BCUT2D eigenvalue weighted by molar-refractivity contribution is -0.870. The Morgan fingerprint density at radius 2 is 0.877 bits per heavy atom. The summed E-state index contributed by atoms with van der Waals surface area (Å²) in [7, 11) is 5.90. The number of likely N-dealkylation sites (N-methyl/N-ethyl adjacent to an activating group) is 1. The Labute approximate surface area is 398 Å². The summed E-state index contributed by atoms with van der Waals surface area (Å²) in [5, 5.41) is 11.7. The van der Waals surface area contributed by atoms with Gasteiger partial charge >= 0.3 is 11.9 Å². The van der Waals surface area contributed by atoms with Crippen LogP contribution in [0.3, 0.4) is 0 Å². The maximum absolute atomic E-state index is 12.8. The molecule has 0 aromatic heterocycles. The fourth-order valence-electron chi connectivity index (χ4n) is 6.91. The monoisotopic (exact) mass is 912 g/mol. The number of nitrogens with zero attached hydrogens (tertiary/aromatic N) is 1. The van der Waals surface area contributed by atoms with E-state index in [1.165, 1.54) is 83.5 Å². The van der Waals surface area contributed by atoms with Gasteiger partial charge in [0.1, 0.15) is 13.2 Å². The molecule has 0 aliphatic heterocycles. The molecule has 0 radical (unpaired) electrons. The number of ether oxygens (including phenoxy) is 4. The van der Waals surface area contributed by atoms with Gasteiger partial charge in [0.05, 0.1) is 40.3 Å². The molecule has 0 rings (SSSR count). The second kappa shape index (κ2) is 47.2. The lowest BCUT2D eigenvalue weighted by Crippen LogP contribution is -2.44. The van der Waals surface area contributed by atoms with Gasteiger partial charge in [0, 0.05) is 12.8 Å². The van der Waals surface area contributed by atoms with E-state index in [2.05, 4.69) is 86.8 Å². The molecule has 0 saturated carbocycles. The topological polar surface area (TPSA) is 111 Å². The average Bonchev–Trinajstić information content (AvgIpc) is 3.27. The van der Waals surface area contributed by atoms with Gasteiger partial charge in [0.2, 0.25) is 0 Å². The minimum Gasteiger partial charge on any atom is -0.545 e. The van der Waals surface area contributed by atoms with Crippen molar-refractivity contribution in [1.29, 1.82) is 0 Å². The van der Waals surface area contributed by atoms with Crippen molar-refractivity contribution in [2.45, 2.75) is 219 Å². The Balaban J connectivity index is 4.36. The summed E-state index contributed by atoms with van der Waals surface area (Å²) >= 11 is 0. The van der Waals surface area contributed by atoms with Crippen molar-refractivity contribution >= 4 is 17.9 Å². The van der Waals surface area contributed by atoms with Crippen molar-refractivity contribution in [3.8, 4) is 0 Å². The second-order valence-electron chi connectivity index (χ2n) is 18.4. The first-order valence-electron chi connectivity index (χ1n) is 26.1. The van der Waals surface area contributed by atoms with Crippen LogP contribution in [0.1, 0.15) is 206 Å². The molecule has 0 fully saturated rings. The Kier molecular flexibility index (Phi) is 44.9. The summed E-state index contributed by atoms with van der Waals surface area (Å²) < 4.78 is 22.6. The van der Waals surface area contributed by atoms with Gasteiger partial charge in [-0.1, -0.05) is 183 Å². The maximum atomic E-state index is 12.8. The van der Waals surface area contributed by atoms with Gasteiger partial charge in [-0.3, -0.25) is 9.59 Å². The molecule has 2 unspecified atom stereocenters. The number of carbonyl (C=O) groups excluding carboxylic acids is 3. The predicted octanol–water partition coefficient (Wildman–Crippen LogP) is 13.3. The van der Waals surface area contributed by atoms with Gasteiger partial charge in [0.25, 0.3) is 0 Å². The molecule has 0 aliphatic rings. The van der Waals surface area contributed by atoms with Crippen molar-refractivity contribution in [2.75, 3.05) is 47.5 Å². The number of hydrogen-bond donors (Lipinski definition) is 0. The van der Waals surface area contributed by atoms with Crippen LogP contribution in [0.5, 0.6) is 0 Å². The SMILES string of the molecule is CC/C=C\C/C=C\C/C=C\CCCCCCCCCC(=O)OCC(COC(OCC[N+](C)(C)C)C(=O)[O-])OC(=O)CCCCCCCCCC/C=C\C/C=C\C/C=C\CCCCCCC. The molecule has 374 valence electrons. The highest BCUT2D eigenvalue weighted by atomic mass is 16.7. The first-order chi connectivity index (χ1) is 31.6. The molecule has 0 spiro atoms.